The molecule has 3 rings (SSSR count). The van der Waals surface area contributed by atoms with Gasteiger partial charge in [-0.25, -0.2) is 4.98 Å². The number of ether oxygens (including phenoxy) is 1. The molecule has 0 atom stereocenters. The summed E-state index contributed by atoms with van der Waals surface area (Å²) in [7, 11) is 0. The van der Waals surface area contributed by atoms with E-state index in [-0.39, 0.29) is 18.0 Å². The molecule has 8 nitrogen and oxygen atoms in total. The third-order valence-corrected chi connectivity index (χ3v) is 3.35. The smallest absolute Gasteiger partial charge is 0.310 e. The molecule has 0 unspecified atom stereocenters. The van der Waals surface area contributed by atoms with Gasteiger partial charge in [0.25, 0.3) is 0 Å². The van der Waals surface area contributed by atoms with Crippen LogP contribution in [0.4, 0.5) is 5.69 Å². The second-order valence-electron chi connectivity index (χ2n) is 4.51. The van der Waals surface area contributed by atoms with E-state index >= 15 is 0 Å². The Morgan fingerprint density at radius 2 is 2.13 bits per heavy atom. The van der Waals surface area contributed by atoms with Crippen LogP contribution in [0.2, 0.25) is 0 Å². The quantitative estimate of drug-likeness (QED) is 0.542. The molecule has 116 valence electrons. The molecule has 0 radical (unpaired) electrons. The summed E-state index contributed by atoms with van der Waals surface area (Å²) in [5, 5.41) is 17.8. The number of benzene rings is 1. The van der Waals surface area contributed by atoms with Gasteiger partial charge in [0.15, 0.2) is 17.4 Å². The highest BCUT2D eigenvalue weighted by molar-refractivity contribution is 9.10. The molecule has 0 bridgehead atoms. The first-order valence-corrected chi connectivity index (χ1v) is 7.31. The highest BCUT2D eigenvalue weighted by atomic mass is 79.9. The van der Waals surface area contributed by atoms with Gasteiger partial charge in [0.2, 0.25) is 0 Å². The van der Waals surface area contributed by atoms with Gasteiger partial charge in [-0.2, -0.15) is 5.10 Å². The standard InChI is InChI=1S/C14H10BrN5O3/c15-10-5-9(6-16-7-10)14-17-13(18-19-14)8-23-12-4-2-1-3-11(12)20(21)22/h1-7H,8H2,(H,17,18,19). The molecule has 0 fully saturated rings. The van der Waals surface area contributed by atoms with Crippen LogP contribution < -0.4 is 4.74 Å². The summed E-state index contributed by atoms with van der Waals surface area (Å²) in [6.07, 6.45) is 3.30. The lowest BCUT2D eigenvalue weighted by Gasteiger charge is -2.03. The predicted molar refractivity (Wildman–Crippen MR) is 84.7 cm³/mol. The summed E-state index contributed by atoms with van der Waals surface area (Å²) in [5.74, 6) is 1.11. The third kappa shape index (κ3) is 3.51. The second kappa shape index (κ2) is 6.53. The number of nitro groups is 1. The minimum Gasteiger partial charge on any atom is -0.479 e. The Kier molecular flexibility index (Phi) is 4.29. The van der Waals surface area contributed by atoms with Crippen LogP contribution in [0.15, 0.2) is 47.2 Å². The first-order valence-electron chi connectivity index (χ1n) is 6.52. The summed E-state index contributed by atoms with van der Waals surface area (Å²) in [6, 6.07) is 8.00. The highest BCUT2D eigenvalue weighted by Crippen LogP contribution is 2.26. The Hall–Kier alpha value is -2.81. The summed E-state index contributed by atoms with van der Waals surface area (Å²) in [6.45, 7) is 0.0410. The van der Waals surface area contributed by atoms with Gasteiger partial charge in [0.1, 0.15) is 6.61 Å². The van der Waals surface area contributed by atoms with Crippen LogP contribution in [0.3, 0.4) is 0 Å². The Morgan fingerprint density at radius 3 is 2.91 bits per heavy atom. The van der Waals surface area contributed by atoms with E-state index in [4.69, 9.17) is 4.74 Å². The molecule has 2 heterocycles. The van der Waals surface area contributed by atoms with Crippen molar-refractivity contribution in [3.8, 4) is 17.1 Å². The molecule has 23 heavy (non-hydrogen) atoms. The number of nitrogens with zero attached hydrogens (tertiary/aromatic N) is 4. The number of rotatable bonds is 5. The van der Waals surface area contributed by atoms with Gasteiger partial charge in [-0.05, 0) is 28.1 Å². The van der Waals surface area contributed by atoms with Crippen LogP contribution in [0.5, 0.6) is 5.75 Å². The Bertz CT molecular complexity index is 852. The lowest BCUT2D eigenvalue weighted by Crippen LogP contribution is -2.00. The number of nitrogens with one attached hydrogen (secondary N) is 1. The van der Waals surface area contributed by atoms with E-state index in [2.05, 4.69) is 36.1 Å². The van der Waals surface area contributed by atoms with Crippen molar-refractivity contribution in [3.05, 3.63) is 63.1 Å². The second-order valence-corrected chi connectivity index (χ2v) is 5.43. The summed E-state index contributed by atoms with van der Waals surface area (Å²) < 4.78 is 6.27. The molecule has 0 amide bonds. The topological polar surface area (TPSA) is 107 Å². The number of aromatic nitrogens is 4. The van der Waals surface area contributed by atoms with Crippen LogP contribution >= 0.6 is 15.9 Å². The minimum atomic E-state index is -0.492. The van der Waals surface area contributed by atoms with Crippen molar-refractivity contribution >= 4 is 21.6 Å². The van der Waals surface area contributed by atoms with Gasteiger partial charge in [-0.3, -0.25) is 20.2 Å². The molecule has 0 spiro atoms. The normalized spacial score (nSPS) is 10.5. The van der Waals surface area contributed by atoms with Gasteiger partial charge in [0.05, 0.1) is 4.92 Å². The van der Waals surface area contributed by atoms with E-state index in [1.54, 1.807) is 24.5 Å². The number of nitro benzene ring substituents is 1. The molecule has 0 saturated heterocycles. The van der Waals surface area contributed by atoms with E-state index in [1.807, 2.05) is 6.07 Å². The van der Waals surface area contributed by atoms with Crippen molar-refractivity contribution in [1.82, 2.24) is 20.2 Å². The number of aromatic amines is 1. The van der Waals surface area contributed by atoms with Gasteiger partial charge < -0.3 is 4.74 Å². The number of H-pyrrole nitrogens is 1. The Labute approximate surface area is 138 Å². The molecule has 0 aliphatic rings. The Morgan fingerprint density at radius 1 is 1.30 bits per heavy atom. The molecule has 0 aliphatic carbocycles. The van der Waals surface area contributed by atoms with Gasteiger partial charge in [0, 0.05) is 28.5 Å². The molecule has 3 aromatic rings. The van der Waals surface area contributed by atoms with Gasteiger partial charge >= 0.3 is 5.69 Å². The van der Waals surface area contributed by atoms with E-state index in [0.717, 1.165) is 10.0 Å². The molecule has 0 aliphatic heterocycles. The van der Waals surface area contributed by atoms with Crippen molar-refractivity contribution < 1.29 is 9.66 Å². The third-order valence-electron chi connectivity index (χ3n) is 2.92. The fraction of sp³-hybridized carbons (Fsp3) is 0.0714. The van der Waals surface area contributed by atoms with Gasteiger partial charge in [-0.15, -0.1) is 0 Å². The summed E-state index contributed by atoms with van der Waals surface area (Å²) in [5.41, 5.74) is 0.649. The molecule has 1 N–H and O–H groups in total. The van der Waals surface area contributed by atoms with E-state index < -0.39 is 4.92 Å². The lowest BCUT2D eigenvalue weighted by molar-refractivity contribution is -0.385. The van der Waals surface area contributed by atoms with Gasteiger partial charge in [-0.1, -0.05) is 12.1 Å². The number of hydrogen-bond donors (Lipinski definition) is 1. The maximum atomic E-state index is 10.9. The van der Waals surface area contributed by atoms with Crippen LogP contribution in [-0.4, -0.2) is 25.1 Å². The van der Waals surface area contributed by atoms with E-state index in [1.165, 1.54) is 12.1 Å². The minimum absolute atomic E-state index is 0.0410. The number of pyridine rings is 1. The van der Waals surface area contributed by atoms with Crippen molar-refractivity contribution in [1.29, 1.82) is 0 Å². The van der Waals surface area contributed by atoms with Crippen molar-refractivity contribution in [2.45, 2.75) is 6.61 Å². The van der Waals surface area contributed by atoms with E-state index in [9.17, 15) is 10.1 Å². The number of para-hydroxylation sites is 2. The van der Waals surface area contributed by atoms with Crippen LogP contribution in [-0.2, 0) is 6.61 Å². The first-order chi connectivity index (χ1) is 11.1. The van der Waals surface area contributed by atoms with Crippen LogP contribution in [0.25, 0.3) is 11.4 Å². The zero-order valence-corrected chi connectivity index (χ0v) is 13.2. The molecule has 9 heteroatoms. The van der Waals surface area contributed by atoms with Crippen LogP contribution in [0, 0.1) is 10.1 Å². The fourth-order valence-corrected chi connectivity index (χ4v) is 2.26. The number of halogens is 1. The van der Waals surface area contributed by atoms with E-state index in [0.29, 0.717) is 11.6 Å². The lowest BCUT2D eigenvalue weighted by atomic mass is 10.3. The monoisotopic (exact) mass is 375 g/mol. The molecule has 0 saturated carbocycles. The Balaban J connectivity index is 1.74. The molecule has 2 aromatic heterocycles. The molecule has 1 aromatic carbocycles. The predicted octanol–water partition coefficient (Wildman–Crippen LogP) is 3.12. The first kappa shape index (κ1) is 15.1. The molecular formula is C14H10BrN5O3. The van der Waals surface area contributed by atoms with Crippen molar-refractivity contribution in [3.63, 3.8) is 0 Å². The average molecular weight is 376 g/mol. The zero-order chi connectivity index (χ0) is 16.2. The SMILES string of the molecule is O=[N+]([O-])c1ccccc1OCc1nc(-c2cncc(Br)c2)n[nH]1. The molecular weight excluding hydrogens is 366 g/mol. The summed E-state index contributed by atoms with van der Waals surface area (Å²) >= 11 is 3.33. The largest absolute Gasteiger partial charge is 0.479 e. The summed E-state index contributed by atoms with van der Waals surface area (Å²) in [4.78, 5) is 18.8. The maximum absolute atomic E-state index is 10.9. The average Bonchev–Trinajstić information content (AvgIpc) is 3.02. The van der Waals surface area contributed by atoms with Crippen molar-refractivity contribution in [2.24, 2.45) is 0 Å². The fourth-order valence-electron chi connectivity index (χ4n) is 1.90. The maximum Gasteiger partial charge on any atom is 0.310 e. The highest BCUT2D eigenvalue weighted by Gasteiger charge is 2.14. The number of hydrogen-bond acceptors (Lipinski definition) is 6. The van der Waals surface area contributed by atoms with Crippen LogP contribution in [0.1, 0.15) is 5.82 Å². The van der Waals surface area contributed by atoms with Crippen molar-refractivity contribution in [2.75, 3.05) is 0 Å². The zero-order valence-electron chi connectivity index (χ0n) is 11.6.